The number of fused-ring (bicyclic) bond motifs is 5. The van der Waals surface area contributed by atoms with Crippen LogP contribution < -0.4 is 48.1 Å². The average molecular weight is 1610 g/mol. The minimum absolute atomic E-state index is 0.0121. The lowest BCUT2D eigenvalue weighted by Gasteiger charge is -2.32. The number of amides is 7. The fourth-order valence-corrected chi connectivity index (χ4v) is 13.4. The zero-order valence-corrected chi connectivity index (χ0v) is 65.5. The van der Waals surface area contributed by atoms with Crippen LogP contribution in [0.1, 0.15) is 115 Å². The van der Waals surface area contributed by atoms with E-state index in [4.69, 9.17) is 52.4 Å². The van der Waals surface area contributed by atoms with Crippen LogP contribution in [0.15, 0.2) is 64.8 Å². The van der Waals surface area contributed by atoms with Gasteiger partial charge in [0.05, 0.1) is 165 Å². The number of carbonyl (C=O) groups excluding carboxylic acids is 8. The topological polar surface area (TPSA) is 440 Å². The number of hydrogen-bond donors (Lipinski definition) is 9. The Labute approximate surface area is 660 Å². The minimum Gasteiger partial charge on any atom is -0.458 e. The van der Waals surface area contributed by atoms with Crippen LogP contribution in [0.2, 0.25) is 0 Å². The van der Waals surface area contributed by atoms with Gasteiger partial charge in [-0.3, -0.25) is 38.4 Å². The minimum atomic E-state index is -3.56. The first-order chi connectivity index (χ1) is 55.0. The van der Waals surface area contributed by atoms with Gasteiger partial charge in [-0.05, 0) is 93.2 Å². The summed E-state index contributed by atoms with van der Waals surface area (Å²) in [6, 6.07) is 8.91. The predicted molar refractivity (Wildman–Crippen MR) is 408 cm³/mol. The molecule has 0 spiro atoms. The van der Waals surface area contributed by atoms with E-state index in [0.29, 0.717) is 180 Å². The van der Waals surface area contributed by atoms with Gasteiger partial charge in [-0.2, -0.15) is 0 Å². The second-order valence-electron chi connectivity index (χ2n) is 27.7. The van der Waals surface area contributed by atoms with Crippen molar-refractivity contribution >= 4 is 68.1 Å². The molecule has 0 unspecified atom stereocenters. The number of esters is 1. The van der Waals surface area contributed by atoms with Gasteiger partial charge in [0.1, 0.15) is 31.3 Å². The molecule has 9 N–H and O–H groups in total. The summed E-state index contributed by atoms with van der Waals surface area (Å²) in [5, 5.41) is 33.8. The summed E-state index contributed by atoms with van der Waals surface area (Å²) in [6.45, 7) is 7.27. The molecule has 3 aromatic heterocycles. The molecule has 9 rings (SSSR count). The van der Waals surface area contributed by atoms with Gasteiger partial charge in [-0.1, -0.05) is 55.0 Å². The number of cyclic esters (lactones) is 1. The number of halogens is 1. The highest BCUT2D eigenvalue weighted by Crippen LogP contribution is 2.48. The molecule has 34 nitrogen and oxygen atoms in total. The maximum atomic E-state index is 15.6. The monoisotopic (exact) mass is 1610 g/mol. The number of benzene rings is 2. The summed E-state index contributed by atoms with van der Waals surface area (Å²) in [4.78, 5) is 134. The average Bonchev–Trinajstić information content (AvgIpc) is 1.54. The van der Waals surface area contributed by atoms with Gasteiger partial charge in [0.2, 0.25) is 56.3 Å². The van der Waals surface area contributed by atoms with E-state index in [2.05, 4.69) is 64.3 Å². The molecule has 5 heterocycles. The van der Waals surface area contributed by atoms with E-state index in [1.807, 2.05) is 0 Å². The highest BCUT2D eigenvalue weighted by Gasteiger charge is 2.50. The third-order valence-corrected chi connectivity index (χ3v) is 20.1. The number of pyridine rings is 2. The number of nitrogens with zero attached hydrogens (tertiary/aromatic N) is 4. The third kappa shape index (κ3) is 26.9. The lowest BCUT2D eigenvalue weighted by atomic mass is 9.81. The molecule has 0 radical (unpaired) electrons. The van der Waals surface area contributed by atoms with Gasteiger partial charge < -0.3 is 99.6 Å². The number of carbonyl (C=O) groups is 8. The molecular weight excluding hydrogens is 1510 g/mol. The van der Waals surface area contributed by atoms with Crippen molar-refractivity contribution in [3.63, 3.8) is 0 Å². The van der Waals surface area contributed by atoms with Crippen molar-refractivity contribution < 1.29 is 104 Å². The first-order valence-corrected chi connectivity index (χ1v) is 40.1. The molecular formula is C78H103FN12O22S. The van der Waals surface area contributed by atoms with E-state index in [9.17, 15) is 56.7 Å². The van der Waals surface area contributed by atoms with Crippen molar-refractivity contribution in [1.29, 1.82) is 0 Å². The summed E-state index contributed by atoms with van der Waals surface area (Å²) < 4.78 is 95.1. The Balaban J connectivity index is 0.676. The third-order valence-electron chi connectivity index (χ3n) is 19.2. The van der Waals surface area contributed by atoms with Gasteiger partial charge >= 0.3 is 5.97 Å². The first-order valence-electron chi connectivity index (χ1n) is 38.2. The van der Waals surface area contributed by atoms with E-state index in [-0.39, 0.29) is 80.8 Å². The molecule has 5 atom stereocenters. The fraction of sp³-hybridized carbons (Fsp3) is 0.564. The molecule has 1 saturated carbocycles. The van der Waals surface area contributed by atoms with Crippen molar-refractivity contribution in [2.24, 2.45) is 5.92 Å². The van der Waals surface area contributed by atoms with Crippen LogP contribution in [-0.2, 0) is 127 Å². The lowest BCUT2D eigenvalue weighted by molar-refractivity contribution is -0.173. The first kappa shape index (κ1) is 88.6. The van der Waals surface area contributed by atoms with Crippen LogP contribution in [-0.4, -0.2) is 250 Å². The maximum Gasteiger partial charge on any atom is 0.343 e. The molecule has 5 aromatic rings. The van der Waals surface area contributed by atoms with Crippen molar-refractivity contribution in [2.75, 3.05) is 152 Å². The van der Waals surface area contributed by atoms with E-state index in [1.165, 1.54) is 30.0 Å². The number of sulfone groups is 1. The standard InChI is InChI=1S/C78H103FN12O22S/c1-50-55-17-18-60(70-56-47-91-64(71(56)89-62(69(55)70)40-59(50)79)39-58-57(75(91)99)48-112-76(100)78(58,101)41-53-15-16-53)90-72(96)51(2)113-49-87-67(94)45-84-74(98)63(38-52-12-9-7-10-13-52)88-68(95)46-83-66(93)44-82-65(92)20-19-61(80-21-11-6-5-8-14-54-42-85-77(86-43-54)114(4,102)103)73(97)81-22-23-105-26-27-107-30-31-109-34-35-111-37-36-110-33-32-108-29-28-106-25-24-104-3/h7,9-10,12-13,39-40,42-43,51,53,60-61,63,80,101H,5-6,11,15-38,41,44-49H2,1-4H3,(H,81,97)(H,82,92)(H,83,93)(H,84,98)(H,87,94)(H,88,95)(H,90,96)/t51-,60-,61-,63-,78-/m0/s1. The summed E-state index contributed by atoms with van der Waals surface area (Å²) >= 11 is 0. The molecule has 7 amide bonds. The van der Waals surface area contributed by atoms with Gasteiger partial charge in [-0.15, -0.1) is 0 Å². The summed E-state index contributed by atoms with van der Waals surface area (Å²) in [6.07, 6.45) is 6.55. The van der Waals surface area contributed by atoms with E-state index in [0.717, 1.165) is 19.1 Å². The van der Waals surface area contributed by atoms with Crippen molar-refractivity contribution in [1.82, 2.24) is 62.1 Å². The number of aromatic nitrogens is 4. The highest BCUT2D eigenvalue weighted by atomic mass is 32.2. The smallest absolute Gasteiger partial charge is 0.343 e. The largest absolute Gasteiger partial charge is 0.458 e. The van der Waals surface area contributed by atoms with Crippen LogP contribution in [0, 0.1) is 30.5 Å². The Hall–Kier alpha value is -9.36. The Bertz CT molecular complexity index is 4370. The highest BCUT2D eigenvalue weighted by molar-refractivity contribution is 7.90. The van der Waals surface area contributed by atoms with Crippen molar-refractivity contribution in [3.8, 4) is 23.2 Å². The SMILES string of the molecule is COCCOCCOCCOCCOCCOCCOCCOCCNC(=O)[C@H](CCC(=O)NCC(=O)NCC(=O)N[C@@H](Cc1ccccc1)C(=O)NCC(=O)NCO[C@@H](C)C(=O)N[C@H]1CCc2c(C)c(F)cc3nc4c(c1c23)Cn1c-4cc2c(c1=O)COC(=O)[C@]2(O)CC1CC1)NCCCCC#Cc1cnc(S(C)(=O)=O)nc1. The number of unbranched alkanes of at least 4 members (excludes halogenated alkanes) is 2. The molecule has 114 heavy (non-hydrogen) atoms. The van der Waals surface area contributed by atoms with Crippen molar-refractivity contribution in [2.45, 2.75) is 133 Å². The number of ether oxygens (including phenoxy) is 10. The van der Waals surface area contributed by atoms with Gasteiger partial charge in [0.15, 0.2) is 5.60 Å². The lowest BCUT2D eigenvalue weighted by Crippen LogP contribution is -2.52. The van der Waals surface area contributed by atoms with E-state index < -0.39 is 125 Å². The second-order valence-corrected chi connectivity index (χ2v) is 29.7. The molecule has 1 fully saturated rings. The Kier molecular flexibility index (Phi) is 35.0. The molecule has 2 aliphatic heterocycles. The van der Waals surface area contributed by atoms with Crippen LogP contribution in [0.3, 0.4) is 0 Å². The zero-order chi connectivity index (χ0) is 81.4. The van der Waals surface area contributed by atoms with Crippen molar-refractivity contribution in [3.05, 3.63) is 116 Å². The Morgan fingerprint density at radius 3 is 1.96 bits per heavy atom. The van der Waals surface area contributed by atoms with E-state index in [1.54, 1.807) is 50.4 Å². The molecule has 0 bridgehead atoms. The number of aliphatic hydroxyl groups is 1. The molecule has 2 aromatic carbocycles. The number of aryl methyl sites for hydroxylation is 1. The van der Waals surface area contributed by atoms with Crippen LogP contribution in [0.5, 0.6) is 0 Å². The number of nitrogens with one attached hydrogen (secondary N) is 8. The number of hydrogen-bond acceptors (Lipinski definition) is 26. The molecule has 0 saturated heterocycles. The normalized spacial score (nSPS) is 16.1. The maximum absolute atomic E-state index is 15.6. The Morgan fingerprint density at radius 1 is 0.711 bits per heavy atom. The van der Waals surface area contributed by atoms with Gasteiger partial charge in [-0.25, -0.2) is 32.6 Å². The fourth-order valence-electron chi connectivity index (χ4n) is 13.0. The van der Waals surface area contributed by atoms with Crippen LogP contribution in [0.4, 0.5) is 4.39 Å². The summed E-state index contributed by atoms with van der Waals surface area (Å²) in [5.74, 6) is 0.218. The van der Waals surface area contributed by atoms with Crippen LogP contribution >= 0.6 is 0 Å². The second kappa shape index (κ2) is 45.1. The molecule has 4 aliphatic rings. The number of methoxy groups -OCH3 is 1. The zero-order valence-electron chi connectivity index (χ0n) is 64.7. The summed E-state index contributed by atoms with van der Waals surface area (Å²) in [7, 11) is -1.95. The van der Waals surface area contributed by atoms with Gasteiger partial charge in [0, 0.05) is 74.1 Å². The van der Waals surface area contributed by atoms with Gasteiger partial charge in [0.25, 0.3) is 5.56 Å². The summed E-state index contributed by atoms with van der Waals surface area (Å²) in [5.41, 5.74) is 2.32. The van der Waals surface area contributed by atoms with E-state index >= 15 is 4.39 Å². The van der Waals surface area contributed by atoms with Crippen LogP contribution in [0.25, 0.3) is 22.3 Å². The molecule has 620 valence electrons. The number of rotatable bonds is 51. The molecule has 2 aliphatic carbocycles. The quantitative estimate of drug-likeness (QED) is 0.00830. The predicted octanol–water partition coefficient (Wildman–Crippen LogP) is 0.608. The Morgan fingerprint density at radius 2 is 1.32 bits per heavy atom. The molecule has 36 heteroatoms.